The average Bonchev–Trinajstić information content (AvgIpc) is 2.25. The van der Waals surface area contributed by atoms with Crippen LogP contribution in [0.1, 0.15) is 0 Å². The Morgan fingerprint density at radius 2 is 2.40 bits per heavy atom. The Bertz CT molecular complexity index is 395. The lowest BCUT2D eigenvalue weighted by molar-refractivity contribution is -0.246. The van der Waals surface area contributed by atoms with Gasteiger partial charge in [0.2, 0.25) is 0 Å². The van der Waals surface area contributed by atoms with Crippen LogP contribution in [-0.2, 0) is 0 Å². The fourth-order valence-corrected chi connectivity index (χ4v) is 1.01. The first-order valence-electron chi connectivity index (χ1n) is 4.26. The van der Waals surface area contributed by atoms with Crippen molar-refractivity contribution in [3.05, 3.63) is 24.3 Å². The van der Waals surface area contributed by atoms with Crippen LogP contribution in [0.15, 0.2) is 24.3 Å². The summed E-state index contributed by atoms with van der Waals surface area (Å²) < 4.78 is 5.15. The summed E-state index contributed by atoms with van der Waals surface area (Å²) in [6.07, 6.45) is 3.76. The van der Waals surface area contributed by atoms with Crippen LogP contribution in [0.2, 0.25) is 0 Å². The second kappa shape index (κ2) is 4.91. The molecule has 0 aromatic heterocycles. The molecule has 4 heteroatoms. The normalized spacial score (nSPS) is 9.07. The van der Waals surface area contributed by atoms with Crippen molar-refractivity contribution in [2.45, 2.75) is 0 Å². The second-order valence-corrected chi connectivity index (χ2v) is 2.82. The molecule has 0 aliphatic carbocycles. The minimum Gasteiger partial charge on any atom is -0.530 e. The number of carboxylic acid groups (broad SMARTS) is 1. The van der Waals surface area contributed by atoms with Gasteiger partial charge < -0.3 is 19.5 Å². The molecule has 4 nitrogen and oxygen atoms in total. The molecule has 1 rings (SSSR count). The first-order valence-corrected chi connectivity index (χ1v) is 4.26. The zero-order valence-corrected chi connectivity index (χ0v) is 8.27. The van der Waals surface area contributed by atoms with E-state index in [1.165, 1.54) is 7.05 Å². The largest absolute Gasteiger partial charge is 0.530 e. The highest BCUT2D eigenvalue weighted by Gasteiger charge is 2.02. The first-order chi connectivity index (χ1) is 7.15. The standard InChI is InChI=1S/C11H11NO3/c1-3-7-15-10-6-4-5-9(8-10)12(2)11(13)14/h1,4-6,8H,7H2,2H3,(H,13,14)/p-1. The van der Waals surface area contributed by atoms with Crippen molar-refractivity contribution in [2.75, 3.05) is 18.6 Å². The third-order valence-electron chi connectivity index (χ3n) is 1.80. The lowest BCUT2D eigenvalue weighted by atomic mass is 10.3. The van der Waals surface area contributed by atoms with Crippen LogP contribution in [-0.4, -0.2) is 19.7 Å². The molecule has 0 atom stereocenters. The molecule has 0 bridgehead atoms. The maximum absolute atomic E-state index is 10.6. The molecule has 78 valence electrons. The molecule has 0 aliphatic rings. The van der Waals surface area contributed by atoms with E-state index in [2.05, 4.69) is 5.92 Å². The summed E-state index contributed by atoms with van der Waals surface area (Å²) in [6.45, 7) is 0.151. The van der Waals surface area contributed by atoms with E-state index >= 15 is 0 Å². The van der Waals surface area contributed by atoms with Crippen molar-refractivity contribution in [3.8, 4) is 18.1 Å². The Balaban J connectivity index is 2.83. The molecule has 1 amide bonds. The van der Waals surface area contributed by atoms with E-state index in [0.717, 1.165) is 4.90 Å². The number of nitrogens with zero attached hydrogens (tertiary/aromatic N) is 1. The predicted molar refractivity (Wildman–Crippen MR) is 54.6 cm³/mol. The summed E-state index contributed by atoms with van der Waals surface area (Å²) in [5.74, 6) is 2.85. The fraction of sp³-hybridized carbons (Fsp3) is 0.182. The lowest BCUT2D eigenvalue weighted by Crippen LogP contribution is -2.38. The molecule has 15 heavy (non-hydrogen) atoms. The second-order valence-electron chi connectivity index (χ2n) is 2.82. The maximum Gasteiger partial charge on any atom is 0.148 e. The number of hydrogen-bond acceptors (Lipinski definition) is 3. The topological polar surface area (TPSA) is 52.6 Å². The van der Waals surface area contributed by atoms with Crippen molar-refractivity contribution in [3.63, 3.8) is 0 Å². The van der Waals surface area contributed by atoms with E-state index < -0.39 is 6.09 Å². The smallest absolute Gasteiger partial charge is 0.148 e. The van der Waals surface area contributed by atoms with Crippen LogP contribution < -0.4 is 14.7 Å². The zero-order valence-electron chi connectivity index (χ0n) is 8.27. The number of carbonyl (C=O) groups is 1. The summed E-state index contributed by atoms with van der Waals surface area (Å²) in [6, 6.07) is 6.59. The molecule has 0 aliphatic heterocycles. The van der Waals surface area contributed by atoms with Crippen LogP contribution in [0.4, 0.5) is 10.5 Å². The Kier molecular flexibility index (Phi) is 3.58. The van der Waals surface area contributed by atoms with Gasteiger partial charge in [0.15, 0.2) is 0 Å². The maximum atomic E-state index is 10.6. The predicted octanol–water partition coefficient (Wildman–Crippen LogP) is 0.478. The van der Waals surface area contributed by atoms with Crippen LogP contribution in [0.3, 0.4) is 0 Å². The highest BCUT2D eigenvalue weighted by molar-refractivity contribution is 5.83. The molecule has 0 radical (unpaired) electrons. The van der Waals surface area contributed by atoms with Crippen molar-refractivity contribution < 1.29 is 14.6 Å². The van der Waals surface area contributed by atoms with Crippen LogP contribution in [0, 0.1) is 12.3 Å². The van der Waals surface area contributed by atoms with Crippen molar-refractivity contribution in [2.24, 2.45) is 0 Å². The number of amides is 1. The lowest BCUT2D eigenvalue weighted by Gasteiger charge is -2.19. The van der Waals surface area contributed by atoms with Gasteiger partial charge in [-0.2, -0.15) is 0 Å². The molecule has 0 spiro atoms. The highest BCUT2D eigenvalue weighted by atomic mass is 16.5. The third kappa shape index (κ3) is 2.92. The molecule has 0 unspecified atom stereocenters. The Labute approximate surface area is 88.1 Å². The first kappa shape index (κ1) is 10.9. The van der Waals surface area contributed by atoms with Gasteiger partial charge in [0, 0.05) is 18.8 Å². The monoisotopic (exact) mass is 204 g/mol. The molecule has 1 aromatic rings. The van der Waals surface area contributed by atoms with E-state index in [1.807, 2.05) is 0 Å². The molecular weight excluding hydrogens is 194 g/mol. The van der Waals surface area contributed by atoms with Crippen molar-refractivity contribution in [1.29, 1.82) is 0 Å². The van der Waals surface area contributed by atoms with E-state index in [9.17, 15) is 9.90 Å². The zero-order chi connectivity index (χ0) is 11.3. The summed E-state index contributed by atoms with van der Waals surface area (Å²) >= 11 is 0. The SMILES string of the molecule is C#CCOc1cccc(N(C)C(=O)[O-])c1. The Morgan fingerprint density at radius 3 is 3.00 bits per heavy atom. The third-order valence-corrected chi connectivity index (χ3v) is 1.80. The van der Waals surface area contributed by atoms with Crippen molar-refractivity contribution in [1.82, 2.24) is 0 Å². The van der Waals surface area contributed by atoms with Gasteiger partial charge in [-0.3, -0.25) is 0 Å². The molecule has 0 saturated carbocycles. The average molecular weight is 204 g/mol. The highest BCUT2D eigenvalue weighted by Crippen LogP contribution is 2.19. The molecule has 0 fully saturated rings. The van der Waals surface area contributed by atoms with Crippen LogP contribution in [0.5, 0.6) is 5.75 Å². The van der Waals surface area contributed by atoms with Gasteiger partial charge in [-0.25, -0.2) is 0 Å². The number of terminal acetylenes is 1. The van der Waals surface area contributed by atoms with Gasteiger partial charge >= 0.3 is 0 Å². The summed E-state index contributed by atoms with van der Waals surface area (Å²) in [5, 5.41) is 10.6. The van der Waals surface area contributed by atoms with Crippen LogP contribution >= 0.6 is 0 Å². The molecule has 0 N–H and O–H groups in total. The van der Waals surface area contributed by atoms with Gasteiger partial charge in [-0.05, 0) is 12.1 Å². The number of ether oxygens (including phenoxy) is 1. The van der Waals surface area contributed by atoms with Gasteiger partial charge in [0.25, 0.3) is 0 Å². The van der Waals surface area contributed by atoms with Gasteiger partial charge in [-0.1, -0.05) is 12.0 Å². The summed E-state index contributed by atoms with van der Waals surface area (Å²) in [7, 11) is 1.40. The van der Waals surface area contributed by atoms with Crippen LogP contribution in [0.25, 0.3) is 0 Å². The number of anilines is 1. The fourth-order valence-electron chi connectivity index (χ4n) is 1.01. The minimum atomic E-state index is -1.27. The van der Waals surface area contributed by atoms with Gasteiger partial charge in [-0.15, -0.1) is 6.42 Å². The van der Waals surface area contributed by atoms with Gasteiger partial charge in [0.05, 0.1) is 0 Å². The minimum absolute atomic E-state index is 0.151. The summed E-state index contributed by atoms with van der Waals surface area (Å²) in [4.78, 5) is 11.6. The number of hydrogen-bond donors (Lipinski definition) is 0. The van der Waals surface area contributed by atoms with E-state index in [-0.39, 0.29) is 6.61 Å². The summed E-state index contributed by atoms with van der Waals surface area (Å²) in [5.41, 5.74) is 0.476. The Morgan fingerprint density at radius 1 is 1.67 bits per heavy atom. The molecule has 0 saturated heterocycles. The van der Waals surface area contributed by atoms with Crippen molar-refractivity contribution >= 4 is 11.8 Å². The van der Waals surface area contributed by atoms with E-state index in [4.69, 9.17) is 11.2 Å². The number of rotatable bonds is 3. The van der Waals surface area contributed by atoms with Gasteiger partial charge in [0.1, 0.15) is 18.4 Å². The quantitative estimate of drug-likeness (QED) is 0.673. The molecule has 0 heterocycles. The molecular formula is C11H10NO3-. The number of carbonyl (C=O) groups excluding carboxylic acids is 1. The molecule has 1 aromatic carbocycles. The Hall–Kier alpha value is -2.15. The van der Waals surface area contributed by atoms with E-state index in [1.54, 1.807) is 24.3 Å². The number of benzene rings is 1. The van der Waals surface area contributed by atoms with E-state index in [0.29, 0.717) is 11.4 Å².